The predicted molar refractivity (Wildman–Crippen MR) is 90.6 cm³/mol. The van der Waals surface area contributed by atoms with Gasteiger partial charge in [-0.15, -0.1) is 0 Å². The third kappa shape index (κ3) is 3.45. The van der Waals surface area contributed by atoms with Crippen molar-refractivity contribution in [2.24, 2.45) is 5.92 Å². The molecule has 3 rings (SSSR count). The summed E-state index contributed by atoms with van der Waals surface area (Å²) in [6, 6.07) is 15.9. The van der Waals surface area contributed by atoms with E-state index < -0.39 is 0 Å². The van der Waals surface area contributed by atoms with E-state index in [-0.39, 0.29) is 0 Å². The fraction of sp³-hybridized carbons (Fsp3) is 0.474. The summed E-state index contributed by atoms with van der Waals surface area (Å²) in [6.45, 7) is 5.97. The molecule has 2 atom stereocenters. The number of piperidine rings is 1. The lowest BCUT2D eigenvalue weighted by molar-refractivity contribution is 0.169. The van der Waals surface area contributed by atoms with Crippen molar-refractivity contribution in [1.29, 1.82) is 0 Å². The second-order valence-electron chi connectivity index (χ2n) is 6.45. The topological polar surface area (TPSA) is 15.3 Å². The van der Waals surface area contributed by atoms with Gasteiger partial charge in [0.1, 0.15) is 0 Å². The molecule has 0 aromatic heterocycles. The van der Waals surface area contributed by atoms with Gasteiger partial charge in [0.05, 0.1) is 0 Å². The Bertz CT molecular complexity index is 593. The van der Waals surface area contributed by atoms with Gasteiger partial charge in [-0.25, -0.2) is 0 Å². The summed E-state index contributed by atoms with van der Waals surface area (Å²) in [5, 5.41) is 6.16. The van der Waals surface area contributed by atoms with Crippen LogP contribution in [0, 0.1) is 5.92 Å². The maximum Gasteiger partial charge on any atom is 0.0447 e. The van der Waals surface area contributed by atoms with Crippen molar-refractivity contribution in [3.05, 3.63) is 48.0 Å². The number of hydrogen-bond acceptors (Lipinski definition) is 2. The van der Waals surface area contributed by atoms with Gasteiger partial charge in [0.15, 0.2) is 0 Å². The average molecular weight is 282 g/mol. The summed E-state index contributed by atoms with van der Waals surface area (Å²) in [5.74, 6) is 0.841. The molecule has 0 saturated carbocycles. The quantitative estimate of drug-likeness (QED) is 0.917. The number of likely N-dealkylation sites (N-methyl/N-ethyl adjacent to an activating group) is 1. The molecule has 1 heterocycles. The first-order valence-electron chi connectivity index (χ1n) is 8.14. The van der Waals surface area contributed by atoms with E-state index in [0.29, 0.717) is 6.04 Å². The van der Waals surface area contributed by atoms with Crippen LogP contribution >= 0.6 is 0 Å². The van der Waals surface area contributed by atoms with Crippen molar-refractivity contribution in [3.8, 4) is 0 Å². The Kier molecular flexibility index (Phi) is 4.57. The van der Waals surface area contributed by atoms with Crippen LogP contribution in [0.4, 0.5) is 0 Å². The fourth-order valence-corrected chi connectivity index (χ4v) is 3.50. The van der Waals surface area contributed by atoms with Crippen molar-refractivity contribution in [3.63, 3.8) is 0 Å². The van der Waals surface area contributed by atoms with Gasteiger partial charge in [0, 0.05) is 19.1 Å². The molecule has 21 heavy (non-hydrogen) atoms. The lowest BCUT2D eigenvalue weighted by atomic mass is 9.97. The number of fused-ring (bicyclic) bond motifs is 1. The van der Waals surface area contributed by atoms with Gasteiger partial charge in [0.2, 0.25) is 0 Å². The fourth-order valence-electron chi connectivity index (χ4n) is 3.50. The molecule has 112 valence electrons. The highest BCUT2D eigenvalue weighted by molar-refractivity contribution is 5.83. The van der Waals surface area contributed by atoms with Crippen molar-refractivity contribution in [1.82, 2.24) is 10.2 Å². The summed E-state index contributed by atoms with van der Waals surface area (Å²) in [4.78, 5) is 2.62. The molecule has 1 fully saturated rings. The zero-order chi connectivity index (χ0) is 14.7. The third-order valence-corrected chi connectivity index (χ3v) is 4.71. The number of rotatable bonds is 4. The van der Waals surface area contributed by atoms with Crippen molar-refractivity contribution >= 4 is 10.8 Å². The molecule has 1 N–H and O–H groups in total. The molecule has 0 amide bonds. The number of nitrogens with zero attached hydrogens (tertiary/aromatic N) is 1. The zero-order valence-corrected chi connectivity index (χ0v) is 13.2. The van der Waals surface area contributed by atoms with E-state index in [2.05, 4.69) is 66.7 Å². The predicted octanol–water partition coefficient (Wildman–Crippen LogP) is 3.83. The number of likely N-dealkylation sites (tertiary alicyclic amines) is 1. The maximum atomic E-state index is 3.50. The van der Waals surface area contributed by atoms with E-state index in [0.717, 1.165) is 12.5 Å². The second kappa shape index (κ2) is 6.59. The van der Waals surface area contributed by atoms with Crippen LogP contribution in [0.3, 0.4) is 0 Å². The van der Waals surface area contributed by atoms with E-state index >= 15 is 0 Å². The molecule has 0 radical (unpaired) electrons. The molecule has 0 spiro atoms. The summed E-state index contributed by atoms with van der Waals surface area (Å²) in [5.41, 5.74) is 1.40. The van der Waals surface area contributed by atoms with Crippen molar-refractivity contribution < 1.29 is 0 Å². The largest absolute Gasteiger partial charge is 0.312 e. The minimum atomic E-state index is 0.417. The lowest BCUT2D eigenvalue weighted by Crippen LogP contribution is -2.39. The Morgan fingerprint density at radius 1 is 1.19 bits per heavy atom. The molecule has 1 saturated heterocycles. The summed E-state index contributed by atoms with van der Waals surface area (Å²) in [6.07, 6.45) is 2.73. The van der Waals surface area contributed by atoms with E-state index in [1.54, 1.807) is 0 Å². The van der Waals surface area contributed by atoms with E-state index in [1.807, 2.05) is 0 Å². The van der Waals surface area contributed by atoms with Gasteiger partial charge in [-0.3, -0.25) is 0 Å². The van der Waals surface area contributed by atoms with Gasteiger partial charge >= 0.3 is 0 Å². The summed E-state index contributed by atoms with van der Waals surface area (Å²) < 4.78 is 0. The van der Waals surface area contributed by atoms with Crippen LogP contribution in [0.1, 0.15) is 31.4 Å². The van der Waals surface area contributed by atoms with E-state index in [1.165, 1.54) is 42.3 Å². The molecule has 2 nitrogen and oxygen atoms in total. The van der Waals surface area contributed by atoms with Crippen molar-refractivity contribution in [2.75, 3.05) is 26.7 Å². The lowest BCUT2D eigenvalue weighted by Gasteiger charge is -2.33. The molecule has 1 aliphatic heterocycles. The average Bonchev–Trinajstić information content (AvgIpc) is 2.52. The van der Waals surface area contributed by atoms with Gasteiger partial charge in [0.25, 0.3) is 0 Å². The normalized spacial score (nSPS) is 21.5. The first kappa shape index (κ1) is 14.6. The molecular formula is C19H26N2. The van der Waals surface area contributed by atoms with Crippen LogP contribution in [0.15, 0.2) is 42.5 Å². The van der Waals surface area contributed by atoms with Crippen LogP contribution in [0.25, 0.3) is 10.8 Å². The van der Waals surface area contributed by atoms with Crippen LogP contribution in [-0.2, 0) is 0 Å². The van der Waals surface area contributed by atoms with E-state index in [4.69, 9.17) is 0 Å². The van der Waals surface area contributed by atoms with Crippen LogP contribution in [0.5, 0.6) is 0 Å². The minimum absolute atomic E-state index is 0.417. The highest BCUT2D eigenvalue weighted by atomic mass is 15.2. The summed E-state index contributed by atoms with van der Waals surface area (Å²) in [7, 11) is 2.08. The zero-order valence-electron chi connectivity index (χ0n) is 13.2. The molecular weight excluding hydrogens is 256 g/mol. The van der Waals surface area contributed by atoms with Crippen LogP contribution < -0.4 is 5.32 Å². The first-order chi connectivity index (χ1) is 10.3. The molecule has 2 heteroatoms. The number of benzene rings is 2. The molecule has 0 bridgehead atoms. The molecule has 0 aliphatic carbocycles. The first-order valence-corrected chi connectivity index (χ1v) is 8.14. The van der Waals surface area contributed by atoms with Crippen LogP contribution in [0.2, 0.25) is 0 Å². The van der Waals surface area contributed by atoms with Crippen LogP contribution in [-0.4, -0.2) is 31.6 Å². The Hall–Kier alpha value is -1.38. The number of nitrogens with one attached hydrogen (secondary N) is 1. The Morgan fingerprint density at radius 2 is 2.00 bits per heavy atom. The standard InChI is InChI=1S/C19H26N2/c1-15-6-5-11-21(13-15)14-19(20-2)18-10-9-16-7-3-4-8-17(16)12-18/h3-4,7-10,12,15,19-20H,5-6,11,13-14H2,1-2H3. The SMILES string of the molecule is CNC(CN1CCCC(C)C1)c1ccc2ccccc2c1. The Labute approximate surface area is 128 Å². The van der Waals surface area contributed by atoms with Gasteiger partial charge in [-0.2, -0.15) is 0 Å². The monoisotopic (exact) mass is 282 g/mol. The minimum Gasteiger partial charge on any atom is -0.312 e. The number of hydrogen-bond donors (Lipinski definition) is 1. The Morgan fingerprint density at radius 3 is 2.76 bits per heavy atom. The molecule has 2 aromatic carbocycles. The molecule has 1 aliphatic rings. The van der Waals surface area contributed by atoms with Gasteiger partial charge in [-0.05, 0) is 54.8 Å². The maximum absolute atomic E-state index is 3.50. The van der Waals surface area contributed by atoms with Gasteiger partial charge < -0.3 is 10.2 Å². The highest BCUT2D eigenvalue weighted by Crippen LogP contribution is 2.23. The van der Waals surface area contributed by atoms with E-state index in [9.17, 15) is 0 Å². The van der Waals surface area contributed by atoms with Gasteiger partial charge in [-0.1, -0.05) is 43.3 Å². The molecule has 2 aromatic rings. The third-order valence-electron chi connectivity index (χ3n) is 4.71. The highest BCUT2D eigenvalue weighted by Gasteiger charge is 2.20. The smallest absolute Gasteiger partial charge is 0.0447 e. The Balaban J connectivity index is 1.77. The second-order valence-corrected chi connectivity index (χ2v) is 6.45. The van der Waals surface area contributed by atoms with Crippen molar-refractivity contribution in [2.45, 2.75) is 25.8 Å². The summed E-state index contributed by atoms with van der Waals surface area (Å²) >= 11 is 0. The molecule has 2 unspecified atom stereocenters.